The number of hydrogen-bond acceptors (Lipinski definition) is 3. The Morgan fingerprint density at radius 2 is 2.18 bits per heavy atom. The number of nitrogens with zero attached hydrogens (tertiary/aromatic N) is 2. The summed E-state index contributed by atoms with van der Waals surface area (Å²) in [6, 6.07) is 9.61. The molecule has 0 fully saturated rings. The van der Waals surface area contributed by atoms with Crippen LogP contribution in [0.4, 0.5) is 8.78 Å². The normalized spacial score (nSPS) is 18.6. The van der Waals surface area contributed by atoms with Crippen LogP contribution in [0.15, 0.2) is 40.9 Å². The third kappa shape index (κ3) is 3.35. The average molecular weight is 472 g/mol. The lowest BCUT2D eigenvalue weighted by Gasteiger charge is -2.20. The lowest BCUT2D eigenvalue weighted by molar-refractivity contribution is -0.137. The molecule has 1 N–H and O–H groups in total. The molecule has 0 unspecified atom stereocenters. The van der Waals surface area contributed by atoms with Gasteiger partial charge >= 0.3 is 12.6 Å². The highest BCUT2D eigenvalue weighted by molar-refractivity contribution is 9.10. The first kappa shape index (κ1) is 19.1. The fourth-order valence-corrected chi connectivity index (χ4v) is 4.63. The van der Waals surface area contributed by atoms with Crippen LogP contribution in [0.3, 0.4) is 0 Å². The van der Waals surface area contributed by atoms with Gasteiger partial charge in [0.1, 0.15) is 11.6 Å². The van der Waals surface area contributed by atoms with Crippen molar-refractivity contribution in [1.82, 2.24) is 9.55 Å². The molecule has 2 aromatic carbocycles. The van der Waals surface area contributed by atoms with Crippen LogP contribution >= 0.6 is 27.5 Å². The highest BCUT2D eigenvalue weighted by Crippen LogP contribution is 2.48. The van der Waals surface area contributed by atoms with E-state index in [1.807, 2.05) is 4.57 Å². The minimum Gasteiger partial charge on any atom is -0.481 e. The average Bonchev–Trinajstić information content (AvgIpc) is 3.12. The molecule has 0 aliphatic carbocycles. The van der Waals surface area contributed by atoms with E-state index in [1.54, 1.807) is 30.3 Å². The third-order valence-corrected chi connectivity index (χ3v) is 5.77. The smallest absolute Gasteiger partial charge is 0.387 e. The predicted molar refractivity (Wildman–Crippen MR) is 103 cm³/mol. The summed E-state index contributed by atoms with van der Waals surface area (Å²) in [5.74, 6) is -0.665. The first-order valence-electron chi connectivity index (χ1n) is 8.47. The number of carboxylic acids is 1. The Hall–Kier alpha value is -2.19. The lowest BCUT2D eigenvalue weighted by atomic mass is 9.95. The molecule has 2 heterocycles. The molecule has 146 valence electrons. The Morgan fingerprint density at radius 3 is 2.89 bits per heavy atom. The van der Waals surface area contributed by atoms with Gasteiger partial charge in [0.2, 0.25) is 0 Å². The van der Waals surface area contributed by atoms with Gasteiger partial charge in [0.15, 0.2) is 0 Å². The molecule has 1 aliphatic rings. The maximum atomic E-state index is 13.0. The molecular weight excluding hydrogens is 458 g/mol. The van der Waals surface area contributed by atoms with Crippen molar-refractivity contribution in [2.24, 2.45) is 0 Å². The zero-order valence-corrected chi connectivity index (χ0v) is 16.6. The van der Waals surface area contributed by atoms with E-state index in [2.05, 4.69) is 20.9 Å². The van der Waals surface area contributed by atoms with E-state index in [0.717, 1.165) is 5.52 Å². The number of imidazole rings is 1. The number of halogens is 4. The molecule has 4 rings (SSSR count). The van der Waals surface area contributed by atoms with Gasteiger partial charge in [-0.15, -0.1) is 0 Å². The van der Waals surface area contributed by atoms with E-state index in [9.17, 15) is 18.7 Å². The molecule has 9 heteroatoms. The zero-order valence-electron chi connectivity index (χ0n) is 14.3. The second-order valence-corrected chi connectivity index (χ2v) is 7.84. The summed E-state index contributed by atoms with van der Waals surface area (Å²) in [5.41, 5.74) is 1.92. The van der Waals surface area contributed by atoms with E-state index in [-0.39, 0.29) is 18.1 Å². The SMILES string of the molecule is O=C(O)C[C@H]1C[C@H](c2c(Br)cccc2OC(F)F)n2c1nc1ccc(Cl)cc12. The van der Waals surface area contributed by atoms with Gasteiger partial charge < -0.3 is 14.4 Å². The summed E-state index contributed by atoms with van der Waals surface area (Å²) in [6.45, 7) is -2.97. The molecule has 0 amide bonds. The number of carboxylic acid groups (broad SMARTS) is 1. The van der Waals surface area contributed by atoms with Gasteiger partial charge in [-0.2, -0.15) is 8.78 Å². The first-order chi connectivity index (χ1) is 13.3. The quantitative estimate of drug-likeness (QED) is 0.526. The molecule has 1 aliphatic heterocycles. The summed E-state index contributed by atoms with van der Waals surface area (Å²) in [5, 5.41) is 9.82. The van der Waals surface area contributed by atoms with Gasteiger partial charge in [-0.05, 0) is 36.8 Å². The van der Waals surface area contributed by atoms with E-state index in [4.69, 9.17) is 16.3 Å². The second-order valence-electron chi connectivity index (χ2n) is 6.55. The van der Waals surface area contributed by atoms with Crippen molar-refractivity contribution in [3.63, 3.8) is 0 Å². The molecule has 0 spiro atoms. The predicted octanol–water partition coefficient (Wildman–Crippen LogP) is 5.61. The zero-order chi connectivity index (χ0) is 20.0. The largest absolute Gasteiger partial charge is 0.481 e. The summed E-state index contributed by atoms with van der Waals surface area (Å²) >= 11 is 9.59. The third-order valence-electron chi connectivity index (χ3n) is 4.85. The second kappa shape index (κ2) is 7.33. The number of benzene rings is 2. The summed E-state index contributed by atoms with van der Waals surface area (Å²) in [6.07, 6.45) is 0.294. The molecule has 0 saturated carbocycles. The standard InChI is InChI=1S/C19H14BrClF2N2O3/c20-11-2-1-3-15(28-19(22)23)17(11)14-6-9(7-16(26)27)18-24-12-5-4-10(21)8-13(12)25(14)18/h1-5,8-9,14,19H,6-7H2,(H,26,27)/t9-,14-/m1/s1. The Kier molecular flexibility index (Phi) is 5.01. The van der Waals surface area contributed by atoms with Crippen molar-refractivity contribution in [3.8, 4) is 5.75 Å². The summed E-state index contributed by atoms with van der Waals surface area (Å²) < 4.78 is 33.1. The molecule has 0 bridgehead atoms. The van der Waals surface area contributed by atoms with Crippen LogP contribution in [0.1, 0.15) is 36.2 Å². The molecule has 1 aromatic heterocycles. The van der Waals surface area contributed by atoms with Crippen LogP contribution in [0.5, 0.6) is 5.75 Å². The Morgan fingerprint density at radius 1 is 1.39 bits per heavy atom. The number of aliphatic carboxylic acids is 1. The van der Waals surface area contributed by atoms with Crippen LogP contribution < -0.4 is 4.74 Å². The maximum absolute atomic E-state index is 13.0. The highest BCUT2D eigenvalue weighted by atomic mass is 79.9. The number of aromatic nitrogens is 2. The molecular formula is C19H14BrClF2N2O3. The van der Waals surface area contributed by atoms with Gasteiger partial charge in [-0.1, -0.05) is 33.6 Å². The van der Waals surface area contributed by atoms with Crippen molar-refractivity contribution in [2.45, 2.75) is 31.4 Å². The van der Waals surface area contributed by atoms with Crippen molar-refractivity contribution >= 4 is 44.5 Å². The monoisotopic (exact) mass is 470 g/mol. The van der Waals surface area contributed by atoms with Gasteiger partial charge in [-0.3, -0.25) is 4.79 Å². The Bertz CT molecular complexity index is 1070. The van der Waals surface area contributed by atoms with Gasteiger partial charge in [0.05, 0.1) is 23.5 Å². The maximum Gasteiger partial charge on any atom is 0.387 e. The number of rotatable bonds is 5. The molecule has 3 aromatic rings. The van der Waals surface area contributed by atoms with Crippen LogP contribution in [-0.4, -0.2) is 27.2 Å². The molecule has 2 atom stereocenters. The fraction of sp³-hybridized carbons (Fsp3) is 0.263. The first-order valence-corrected chi connectivity index (χ1v) is 9.64. The van der Waals surface area contributed by atoms with E-state index in [0.29, 0.717) is 32.8 Å². The highest BCUT2D eigenvalue weighted by Gasteiger charge is 2.38. The van der Waals surface area contributed by atoms with Crippen LogP contribution in [-0.2, 0) is 4.79 Å². The van der Waals surface area contributed by atoms with Gasteiger partial charge in [0.25, 0.3) is 0 Å². The molecule has 0 radical (unpaired) electrons. The van der Waals surface area contributed by atoms with Crippen LogP contribution in [0.25, 0.3) is 11.0 Å². The van der Waals surface area contributed by atoms with Crippen LogP contribution in [0, 0.1) is 0 Å². The fourth-order valence-electron chi connectivity index (χ4n) is 3.85. The number of alkyl halides is 2. The minimum absolute atomic E-state index is 0.0418. The molecule has 28 heavy (non-hydrogen) atoms. The topological polar surface area (TPSA) is 64.3 Å². The number of ether oxygens (including phenoxy) is 1. The van der Waals surface area contributed by atoms with Crippen molar-refractivity contribution in [2.75, 3.05) is 0 Å². The summed E-state index contributed by atoms with van der Waals surface area (Å²) in [7, 11) is 0. The van der Waals surface area contributed by atoms with Gasteiger partial charge in [-0.25, -0.2) is 4.98 Å². The minimum atomic E-state index is -2.97. The molecule has 5 nitrogen and oxygen atoms in total. The molecule has 0 saturated heterocycles. The Balaban J connectivity index is 1.92. The van der Waals surface area contributed by atoms with E-state index in [1.165, 1.54) is 6.07 Å². The van der Waals surface area contributed by atoms with Crippen LogP contribution in [0.2, 0.25) is 5.02 Å². The van der Waals surface area contributed by atoms with Crippen molar-refractivity contribution in [1.29, 1.82) is 0 Å². The number of carbonyl (C=O) groups is 1. The summed E-state index contributed by atoms with van der Waals surface area (Å²) in [4.78, 5) is 16.0. The number of hydrogen-bond donors (Lipinski definition) is 1. The van der Waals surface area contributed by atoms with Crippen molar-refractivity contribution < 1.29 is 23.4 Å². The Labute approximate surface area is 172 Å². The van der Waals surface area contributed by atoms with Crippen molar-refractivity contribution in [3.05, 3.63) is 57.3 Å². The lowest BCUT2D eigenvalue weighted by Crippen LogP contribution is -2.11. The number of fused-ring (bicyclic) bond motifs is 3. The van der Waals surface area contributed by atoms with Gasteiger partial charge in [0, 0.05) is 21.0 Å². The van der Waals surface area contributed by atoms with E-state index >= 15 is 0 Å². The van der Waals surface area contributed by atoms with E-state index < -0.39 is 18.6 Å².